The summed E-state index contributed by atoms with van der Waals surface area (Å²) >= 11 is 0. The number of hydrogen-bond donors (Lipinski definition) is 0. The standard InChI is InChI=1S/C20H42N2O2Si/c1-5-6-7-8-9-10-11-12-18-25(3,4)22-16-13-15-21(19-22)17-14-20(23)24-2/h5-19H2,1-4H3. The van der Waals surface area contributed by atoms with Gasteiger partial charge in [-0.25, -0.2) is 0 Å². The highest BCUT2D eigenvalue weighted by Crippen LogP contribution is 2.23. The molecule has 4 nitrogen and oxygen atoms in total. The highest BCUT2D eigenvalue weighted by Gasteiger charge is 2.32. The molecular formula is C20H42N2O2Si. The third-order valence-electron chi connectivity index (χ3n) is 5.63. The number of ether oxygens (including phenoxy) is 1. The zero-order valence-electron chi connectivity index (χ0n) is 17.3. The Labute approximate surface area is 157 Å². The molecule has 25 heavy (non-hydrogen) atoms. The zero-order chi connectivity index (χ0) is 18.5. The summed E-state index contributed by atoms with van der Waals surface area (Å²) in [6, 6.07) is 1.41. The monoisotopic (exact) mass is 370 g/mol. The van der Waals surface area contributed by atoms with Crippen LogP contribution in [0.1, 0.15) is 71.1 Å². The summed E-state index contributed by atoms with van der Waals surface area (Å²) in [4.78, 5) is 13.8. The summed E-state index contributed by atoms with van der Waals surface area (Å²) in [6.45, 7) is 11.6. The number of rotatable bonds is 13. The van der Waals surface area contributed by atoms with Crippen molar-refractivity contribution < 1.29 is 9.53 Å². The molecule has 1 heterocycles. The lowest BCUT2D eigenvalue weighted by Gasteiger charge is -2.44. The molecule has 0 radical (unpaired) electrons. The van der Waals surface area contributed by atoms with Crippen LogP contribution in [0.3, 0.4) is 0 Å². The Morgan fingerprint density at radius 2 is 1.64 bits per heavy atom. The second-order valence-corrected chi connectivity index (χ2v) is 13.0. The Morgan fingerprint density at radius 1 is 1.00 bits per heavy atom. The van der Waals surface area contributed by atoms with E-state index >= 15 is 0 Å². The van der Waals surface area contributed by atoms with E-state index in [1.165, 1.54) is 77.5 Å². The largest absolute Gasteiger partial charge is 0.469 e. The molecule has 5 heteroatoms. The first-order valence-corrected chi connectivity index (χ1v) is 13.7. The van der Waals surface area contributed by atoms with Crippen molar-refractivity contribution in [1.29, 1.82) is 0 Å². The number of esters is 1. The highest BCUT2D eigenvalue weighted by molar-refractivity contribution is 6.74. The maximum absolute atomic E-state index is 11.4. The topological polar surface area (TPSA) is 32.8 Å². The smallest absolute Gasteiger partial charge is 0.306 e. The van der Waals surface area contributed by atoms with Gasteiger partial charge in [0.1, 0.15) is 8.24 Å². The Hall–Kier alpha value is -0.393. The van der Waals surface area contributed by atoms with E-state index in [2.05, 4.69) is 29.5 Å². The molecule has 0 bridgehead atoms. The van der Waals surface area contributed by atoms with Gasteiger partial charge in [0.05, 0.1) is 13.5 Å². The lowest BCUT2D eigenvalue weighted by molar-refractivity contribution is -0.141. The van der Waals surface area contributed by atoms with Crippen LogP contribution in [0.15, 0.2) is 0 Å². The average molecular weight is 371 g/mol. The number of carbonyl (C=O) groups is 1. The lowest BCUT2D eigenvalue weighted by Crippen LogP contribution is -2.57. The number of carbonyl (C=O) groups excluding carboxylic acids is 1. The number of unbranched alkanes of at least 4 members (excludes halogenated alkanes) is 7. The molecule has 0 atom stereocenters. The normalized spacial score (nSPS) is 17.0. The summed E-state index contributed by atoms with van der Waals surface area (Å²) in [7, 11) is 0.162. The van der Waals surface area contributed by atoms with E-state index in [1.54, 1.807) is 0 Å². The third kappa shape index (κ3) is 9.76. The van der Waals surface area contributed by atoms with Crippen molar-refractivity contribution in [3.05, 3.63) is 0 Å². The van der Waals surface area contributed by atoms with Crippen molar-refractivity contribution in [3.63, 3.8) is 0 Å². The minimum Gasteiger partial charge on any atom is -0.469 e. The van der Waals surface area contributed by atoms with E-state index in [1.807, 2.05) is 0 Å². The van der Waals surface area contributed by atoms with Crippen molar-refractivity contribution in [3.8, 4) is 0 Å². The van der Waals surface area contributed by atoms with Crippen LogP contribution in [-0.4, -0.2) is 57.1 Å². The van der Waals surface area contributed by atoms with Crippen LogP contribution < -0.4 is 0 Å². The van der Waals surface area contributed by atoms with E-state index in [9.17, 15) is 4.79 Å². The predicted octanol–water partition coefficient (Wildman–Crippen LogP) is 4.86. The number of nitrogens with zero attached hydrogens (tertiary/aromatic N) is 2. The SMILES string of the molecule is CCCCCCCCCC[Si](C)(C)N1CCCN(CCC(=O)OC)C1. The van der Waals surface area contributed by atoms with Crippen LogP contribution in [0.2, 0.25) is 19.1 Å². The van der Waals surface area contributed by atoms with Gasteiger partial charge in [-0.3, -0.25) is 9.69 Å². The van der Waals surface area contributed by atoms with Gasteiger partial charge in [-0.1, -0.05) is 71.4 Å². The second kappa shape index (κ2) is 12.9. The maximum Gasteiger partial charge on any atom is 0.306 e. The first-order chi connectivity index (χ1) is 12.0. The molecule has 0 saturated carbocycles. The van der Waals surface area contributed by atoms with Gasteiger partial charge in [0.25, 0.3) is 0 Å². The van der Waals surface area contributed by atoms with Gasteiger partial charge in [-0.15, -0.1) is 0 Å². The first kappa shape index (κ1) is 22.6. The molecule has 0 aromatic heterocycles. The molecule has 1 rings (SSSR count). The minimum absolute atomic E-state index is 0.0902. The summed E-state index contributed by atoms with van der Waals surface area (Å²) < 4.78 is 7.52. The highest BCUT2D eigenvalue weighted by atomic mass is 28.3. The van der Waals surface area contributed by atoms with E-state index < -0.39 is 8.24 Å². The Bertz CT molecular complexity index is 364. The third-order valence-corrected chi connectivity index (χ3v) is 9.29. The van der Waals surface area contributed by atoms with Gasteiger partial charge in [0.15, 0.2) is 0 Å². The number of hydrogen-bond acceptors (Lipinski definition) is 4. The fourth-order valence-electron chi connectivity index (χ4n) is 3.75. The van der Waals surface area contributed by atoms with E-state index in [4.69, 9.17) is 4.74 Å². The van der Waals surface area contributed by atoms with Gasteiger partial charge in [0.2, 0.25) is 0 Å². The Morgan fingerprint density at radius 3 is 2.28 bits per heavy atom. The van der Waals surface area contributed by atoms with Gasteiger partial charge in [-0.05, 0) is 19.0 Å². The molecule has 0 N–H and O–H groups in total. The molecule has 0 unspecified atom stereocenters. The van der Waals surface area contributed by atoms with Crippen molar-refractivity contribution in [2.45, 2.75) is 90.3 Å². The van der Waals surface area contributed by atoms with Crippen LogP contribution in [0.5, 0.6) is 0 Å². The number of methoxy groups -OCH3 is 1. The molecule has 0 aromatic carbocycles. The van der Waals surface area contributed by atoms with E-state index in [0.717, 1.165) is 19.8 Å². The minimum atomic E-state index is -1.31. The van der Waals surface area contributed by atoms with Gasteiger partial charge >= 0.3 is 5.97 Å². The van der Waals surface area contributed by atoms with E-state index in [-0.39, 0.29) is 5.97 Å². The van der Waals surface area contributed by atoms with Crippen molar-refractivity contribution in [1.82, 2.24) is 9.47 Å². The van der Waals surface area contributed by atoms with Crippen LogP contribution in [0.4, 0.5) is 0 Å². The summed E-state index contributed by atoms with van der Waals surface area (Å²) in [5, 5.41) is 0. The fourth-order valence-corrected chi connectivity index (χ4v) is 6.52. The lowest BCUT2D eigenvalue weighted by atomic mass is 10.1. The summed E-state index contributed by atoms with van der Waals surface area (Å²) in [5.74, 6) is -0.0902. The molecule has 148 valence electrons. The zero-order valence-corrected chi connectivity index (χ0v) is 18.3. The van der Waals surface area contributed by atoms with Crippen molar-refractivity contribution >= 4 is 14.2 Å². The van der Waals surface area contributed by atoms with Crippen molar-refractivity contribution in [2.24, 2.45) is 0 Å². The van der Waals surface area contributed by atoms with E-state index in [0.29, 0.717) is 6.42 Å². The quantitative estimate of drug-likeness (QED) is 0.263. The predicted molar refractivity (Wildman–Crippen MR) is 109 cm³/mol. The fraction of sp³-hybridized carbons (Fsp3) is 0.950. The summed E-state index contributed by atoms with van der Waals surface area (Å²) in [6.07, 6.45) is 13.0. The molecule has 0 spiro atoms. The Kier molecular flexibility index (Phi) is 11.7. The molecule has 1 saturated heterocycles. The van der Waals surface area contributed by atoms with Crippen LogP contribution in [0.25, 0.3) is 0 Å². The van der Waals surface area contributed by atoms with Crippen LogP contribution >= 0.6 is 0 Å². The molecule has 1 aliphatic heterocycles. The molecule has 1 fully saturated rings. The van der Waals surface area contributed by atoms with Gasteiger partial charge < -0.3 is 9.30 Å². The van der Waals surface area contributed by atoms with Gasteiger partial charge in [0, 0.05) is 19.8 Å². The molecule has 0 amide bonds. The van der Waals surface area contributed by atoms with Gasteiger partial charge in [-0.2, -0.15) is 0 Å². The van der Waals surface area contributed by atoms with Crippen LogP contribution in [-0.2, 0) is 9.53 Å². The van der Waals surface area contributed by atoms with Crippen molar-refractivity contribution in [2.75, 3.05) is 33.4 Å². The van der Waals surface area contributed by atoms with Crippen LogP contribution in [0, 0.1) is 0 Å². The average Bonchev–Trinajstić information content (AvgIpc) is 2.62. The molecule has 1 aliphatic rings. The Balaban J connectivity index is 2.21. The molecule has 0 aromatic rings. The summed E-state index contributed by atoms with van der Waals surface area (Å²) in [5.41, 5.74) is 0. The molecule has 0 aliphatic carbocycles. The second-order valence-electron chi connectivity index (χ2n) is 8.24. The maximum atomic E-state index is 11.4. The first-order valence-electron chi connectivity index (χ1n) is 10.5. The molecular weight excluding hydrogens is 328 g/mol.